The lowest BCUT2D eigenvalue weighted by Crippen LogP contribution is -2.85. The summed E-state index contributed by atoms with van der Waals surface area (Å²) < 4.78 is 11.8. The van der Waals surface area contributed by atoms with Crippen LogP contribution in [0.3, 0.4) is 0 Å². The van der Waals surface area contributed by atoms with E-state index in [1.807, 2.05) is 17.2 Å². The monoisotopic (exact) mass is 622 g/mol. The number of benzene rings is 2. The van der Waals surface area contributed by atoms with Gasteiger partial charge in [0.15, 0.2) is 12.4 Å². The van der Waals surface area contributed by atoms with Crippen LogP contribution in [0.1, 0.15) is 51.1 Å². The number of likely N-dealkylation sites (tertiary alicyclic amines) is 1. The number of hydrogen-bond acceptors (Lipinski definition) is 9. The molecule has 0 aliphatic carbocycles. The lowest BCUT2D eigenvalue weighted by atomic mass is 9.89. The quantitative estimate of drug-likeness (QED) is 0.209. The number of aromatic hydroxyl groups is 1. The number of fused-ring (bicyclic) bond motifs is 1. The fourth-order valence-electron chi connectivity index (χ4n) is 6.32. The van der Waals surface area contributed by atoms with E-state index in [9.17, 15) is 19.8 Å². The van der Waals surface area contributed by atoms with E-state index in [-0.39, 0.29) is 35.5 Å². The van der Waals surface area contributed by atoms with E-state index in [4.69, 9.17) is 9.47 Å². The molecule has 4 heterocycles. The molecular formula is C32H40N5O6S+. The van der Waals surface area contributed by atoms with Crippen LogP contribution >= 0.6 is 11.3 Å². The maximum absolute atomic E-state index is 13.0. The van der Waals surface area contributed by atoms with E-state index in [0.29, 0.717) is 43.2 Å². The second kappa shape index (κ2) is 13.2. The number of nitrogens with one attached hydrogen (secondary N) is 1. The van der Waals surface area contributed by atoms with Crippen molar-refractivity contribution in [3.63, 3.8) is 0 Å². The number of phenols is 1. The number of morpholine rings is 1. The molecule has 0 radical (unpaired) electrons. The third-order valence-electron chi connectivity index (χ3n) is 8.70. The Morgan fingerprint density at radius 3 is 2.82 bits per heavy atom. The molecule has 3 aromatic rings. The lowest BCUT2D eigenvalue weighted by Gasteiger charge is -2.47. The minimum Gasteiger partial charge on any atom is -0.506 e. The molecule has 5 N–H and O–H groups in total. The molecule has 2 amide bonds. The highest BCUT2D eigenvalue weighted by Crippen LogP contribution is 2.41. The molecule has 2 fully saturated rings. The molecule has 1 unspecified atom stereocenters. The van der Waals surface area contributed by atoms with E-state index < -0.39 is 6.10 Å². The number of thiazole rings is 1. The number of carbonyl (C=O) groups excluding carboxylic acids is 2. The van der Waals surface area contributed by atoms with Gasteiger partial charge in [0.05, 0.1) is 30.3 Å². The van der Waals surface area contributed by atoms with Gasteiger partial charge in [0.1, 0.15) is 29.8 Å². The molecule has 1 spiro atoms. The Morgan fingerprint density at radius 2 is 2.02 bits per heavy atom. The lowest BCUT2D eigenvalue weighted by molar-refractivity contribution is -0.661. The van der Waals surface area contributed by atoms with Crippen molar-refractivity contribution in [1.82, 2.24) is 14.8 Å². The Bertz CT molecular complexity index is 1500. The van der Waals surface area contributed by atoms with Gasteiger partial charge < -0.3 is 35.2 Å². The second-order valence-corrected chi connectivity index (χ2v) is 13.0. The normalized spacial score (nSPS) is 18.9. The number of ether oxygens (including phenoxy) is 2. The van der Waals surface area contributed by atoms with Crippen molar-refractivity contribution in [2.24, 2.45) is 0 Å². The van der Waals surface area contributed by atoms with E-state index >= 15 is 0 Å². The van der Waals surface area contributed by atoms with Crippen LogP contribution < -0.4 is 15.4 Å². The van der Waals surface area contributed by atoms with Gasteiger partial charge in [-0.05, 0) is 43.0 Å². The maximum atomic E-state index is 13.0. The number of aliphatic hydroxyl groups is 1. The predicted molar refractivity (Wildman–Crippen MR) is 165 cm³/mol. The molecule has 3 aliphatic heterocycles. The summed E-state index contributed by atoms with van der Waals surface area (Å²) in [5.41, 5.74) is 3.54. The third kappa shape index (κ3) is 6.89. The second-order valence-electron chi connectivity index (χ2n) is 11.9. The molecular weight excluding hydrogens is 582 g/mol. The minimum absolute atomic E-state index is 0.00583. The van der Waals surface area contributed by atoms with E-state index in [2.05, 4.69) is 44.8 Å². The highest BCUT2D eigenvalue weighted by molar-refractivity contribution is 7.09. The van der Waals surface area contributed by atoms with Gasteiger partial charge in [0, 0.05) is 43.5 Å². The Kier molecular flexibility index (Phi) is 9.15. The largest absolute Gasteiger partial charge is 0.506 e. The number of amides is 2. The van der Waals surface area contributed by atoms with Crippen LogP contribution in [-0.4, -0.2) is 94.9 Å². The summed E-state index contributed by atoms with van der Waals surface area (Å²) >= 11 is 1.51. The van der Waals surface area contributed by atoms with Gasteiger partial charge in [-0.15, -0.1) is 11.3 Å². The zero-order chi connectivity index (χ0) is 30.7. The van der Waals surface area contributed by atoms with Crippen molar-refractivity contribution in [1.29, 1.82) is 0 Å². The molecule has 1 atom stereocenters. The summed E-state index contributed by atoms with van der Waals surface area (Å²) in [5, 5.41) is 28.3. The molecule has 1 aromatic heterocycles. The number of nitrogens with zero attached hydrogens (tertiary/aromatic N) is 3. The average molecular weight is 623 g/mol. The topological polar surface area (TPSA) is 141 Å². The first-order chi connectivity index (χ1) is 21.3. The zero-order valence-corrected chi connectivity index (χ0v) is 25.8. The number of carbonyl (C=O) groups is 2. The number of aliphatic hydroxyl groups excluding tert-OH is 1. The van der Waals surface area contributed by atoms with Crippen molar-refractivity contribution in [3.8, 4) is 11.5 Å². The highest BCUT2D eigenvalue weighted by atomic mass is 32.1. The summed E-state index contributed by atoms with van der Waals surface area (Å²) in [6, 6.07) is 11.8. The van der Waals surface area contributed by atoms with E-state index in [0.717, 1.165) is 50.4 Å². The number of aromatic nitrogens is 1. The van der Waals surface area contributed by atoms with Crippen molar-refractivity contribution >= 4 is 28.8 Å². The summed E-state index contributed by atoms with van der Waals surface area (Å²) in [7, 11) is 0. The predicted octanol–water partition coefficient (Wildman–Crippen LogP) is 1.83. The molecule has 6 rings (SSSR count). The first-order valence-corrected chi connectivity index (χ1v) is 16.1. The van der Waals surface area contributed by atoms with Crippen LogP contribution in [0.5, 0.6) is 11.5 Å². The molecule has 2 saturated heterocycles. The number of aryl methyl sites for hydroxylation is 1. The van der Waals surface area contributed by atoms with Crippen molar-refractivity contribution < 1.29 is 34.6 Å². The maximum Gasteiger partial charge on any atom is 0.273 e. The highest BCUT2D eigenvalue weighted by Gasteiger charge is 2.41. The Morgan fingerprint density at radius 1 is 1.20 bits per heavy atom. The van der Waals surface area contributed by atoms with Crippen molar-refractivity contribution in [3.05, 3.63) is 69.2 Å². The zero-order valence-electron chi connectivity index (χ0n) is 25.0. The Hall–Kier alpha value is -3.55. The van der Waals surface area contributed by atoms with Crippen LogP contribution in [0.25, 0.3) is 0 Å². The minimum atomic E-state index is -0.803. The number of quaternary nitrogens is 1. The van der Waals surface area contributed by atoms with Gasteiger partial charge in [0.2, 0.25) is 0 Å². The van der Waals surface area contributed by atoms with Gasteiger partial charge >= 0.3 is 0 Å². The average Bonchev–Trinajstić information content (AvgIpc) is 3.47. The number of nitrogens with two attached hydrogens (primary N) is 1. The van der Waals surface area contributed by atoms with Crippen molar-refractivity contribution in [2.45, 2.75) is 44.4 Å². The van der Waals surface area contributed by atoms with Crippen LogP contribution in [0.15, 0.2) is 41.8 Å². The third-order valence-corrected chi connectivity index (χ3v) is 9.48. The van der Waals surface area contributed by atoms with Gasteiger partial charge in [-0.2, -0.15) is 0 Å². The molecule has 0 saturated carbocycles. The number of rotatable bonds is 9. The Labute approximate surface area is 260 Å². The molecule has 0 bridgehead atoms. The van der Waals surface area contributed by atoms with Crippen LogP contribution in [0, 0.1) is 6.92 Å². The van der Waals surface area contributed by atoms with Gasteiger partial charge in [-0.3, -0.25) is 14.5 Å². The number of phenolic OH excluding ortho intramolecular Hbond substituents is 1. The Balaban J connectivity index is 0.961. The number of hydrogen-bond donors (Lipinski definition) is 4. The molecule has 44 heavy (non-hydrogen) atoms. The molecule has 11 nitrogen and oxygen atoms in total. The van der Waals surface area contributed by atoms with Crippen LogP contribution in [-0.2, 0) is 22.5 Å². The summed E-state index contributed by atoms with van der Waals surface area (Å²) in [4.78, 5) is 33.4. The van der Waals surface area contributed by atoms with E-state index in [1.165, 1.54) is 28.5 Å². The van der Waals surface area contributed by atoms with Crippen molar-refractivity contribution in [2.75, 3.05) is 57.8 Å². The molecule has 12 heteroatoms. The standard InChI is InChI=1S/C32H39N5O6S/c1-21-34-25(19-44-21)31(41)37-13-14-43-32(20-37)8-11-36(12-9-32)17-23-4-2-3-22(15-23)7-10-33-16-27(39)24-5-6-26(38)29-30(24)42-18-28(40)35-29/h2-6,15,19,27,33,38-39H,7-14,16-18,20H2,1H3,(H,35,40)/p+1. The van der Waals surface area contributed by atoms with Gasteiger partial charge in [-0.25, -0.2) is 4.98 Å². The molecule has 3 aliphatic rings. The number of piperidine rings is 1. The summed E-state index contributed by atoms with van der Waals surface area (Å²) in [6.45, 7) is 7.51. The van der Waals surface area contributed by atoms with Gasteiger partial charge in [0.25, 0.3) is 11.8 Å². The fourth-order valence-corrected chi connectivity index (χ4v) is 6.90. The van der Waals surface area contributed by atoms with Crippen LogP contribution in [0.4, 0.5) is 5.69 Å². The van der Waals surface area contributed by atoms with Crippen LogP contribution in [0.2, 0.25) is 0 Å². The molecule has 2 aromatic carbocycles. The SMILES string of the molecule is Cc1nc(C(=O)N2CCOC3(CCN(Cc4cccc(CC[NH2+]CC(O)c5ccc(O)c6c5OCC(=O)N6)c4)CC3)C2)cs1. The smallest absolute Gasteiger partial charge is 0.273 e. The fraction of sp³-hybridized carbons (Fsp3) is 0.469. The summed E-state index contributed by atoms with van der Waals surface area (Å²) in [5.74, 6) is -0.0853. The summed E-state index contributed by atoms with van der Waals surface area (Å²) in [6.07, 6.45) is 1.85. The van der Waals surface area contributed by atoms with E-state index in [1.54, 1.807) is 6.07 Å². The molecule has 234 valence electrons. The number of anilines is 1. The first-order valence-electron chi connectivity index (χ1n) is 15.2. The van der Waals surface area contributed by atoms with Gasteiger partial charge in [-0.1, -0.05) is 24.3 Å². The first kappa shape index (κ1) is 30.5.